The summed E-state index contributed by atoms with van der Waals surface area (Å²) >= 11 is 0. The van der Waals surface area contributed by atoms with Crippen molar-refractivity contribution < 1.29 is 17.6 Å². The Labute approximate surface area is 138 Å². The highest BCUT2D eigenvalue weighted by Crippen LogP contribution is 2.26. The molecule has 3 rings (SSSR count). The van der Waals surface area contributed by atoms with E-state index < -0.39 is 10.0 Å². The molecule has 0 amide bonds. The number of rotatable bonds is 4. The van der Waals surface area contributed by atoms with Gasteiger partial charge in [-0.2, -0.15) is 4.31 Å². The quantitative estimate of drug-likeness (QED) is 0.826. The van der Waals surface area contributed by atoms with E-state index in [1.807, 2.05) is 12.1 Å². The molecule has 0 saturated carbocycles. The van der Waals surface area contributed by atoms with Gasteiger partial charge in [0.25, 0.3) is 0 Å². The molecule has 0 unspecified atom stereocenters. The molecule has 2 saturated heterocycles. The van der Waals surface area contributed by atoms with Gasteiger partial charge in [-0.1, -0.05) is 6.92 Å². The molecular formula is C16H26N2O4S. The highest BCUT2D eigenvalue weighted by Gasteiger charge is 2.35. The van der Waals surface area contributed by atoms with Gasteiger partial charge in [0.2, 0.25) is 10.0 Å². The first-order chi connectivity index (χ1) is 11.0. The van der Waals surface area contributed by atoms with Crippen LogP contribution in [0.15, 0.2) is 16.5 Å². The summed E-state index contributed by atoms with van der Waals surface area (Å²) in [6.45, 7) is 6.18. The number of likely N-dealkylation sites (tertiary alicyclic amines) is 1. The maximum absolute atomic E-state index is 11.8. The molecule has 2 aliphatic rings. The van der Waals surface area contributed by atoms with E-state index in [9.17, 15) is 8.42 Å². The Kier molecular flexibility index (Phi) is 5.10. The van der Waals surface area contributed by atoms with Crippen molar-refractivity contribution >= 4 is 10.0 Å². The lowest BCUT2D eigenvalue weighted by atomic mass is 9.93. The van der Waals surface area contributed by atoms with E-state index in [4.69, 9.17) is 9.15 Å². The van der Waals surface area contributed by atoms with Crippen LogP contribution in [0, 0.1) is 5.92 Å². The first-order valence-corrected chi connectivity index (χ1v) is 10.2. The van der Waals surface area contributed by atoms with Crippen molar-refractivity contribution in [2.75, 3.05) is 39.0 Å². The van der Waals surface area contributed by atoms with Crippen LogP contribution in [-0.4, -0.2) is 62.8 Å². The smallest absolute Gasteiger partial charge is 0.211 e. The van der Waals surface area contributed by atoms with Gasteiger partial charge in [0.05, 0.1) is 25.5 Å². The van der Waals surface area contributed by atoms with E-state index in [1.165, 1.54) is 6.26 Å². The number of ether oxygens (including phenoxy) is 1. The molecule has 2 aliphatic heterocycles. The zero-order valence-electron chi connectivity index (χ0n) is 13.9. The van der Waals surface area contributed by atoms with Crippen LogP contribution in [0.4, 0.5) is 0 Å². The second-order valence-corrected chi connectivity index (χ2v) is 8.52. The number of hydrogen-bond acceptors (Lipinski definition) is 5. The molecule has 6 nitrogen and oxygen atoms in total. The number of fused-ring (bicyclic) bond motifs is 1. The van der Waals surface area contributed by atoms with Crippen molar-refractivity contribution in [3.63, 3.8) is 0 Å². The van der Waals surface area contributed by atoms with E-state index in [2.05, 4.69) is 11.8 Å². The fourth-order valence-electron chi connectivity index (χ4n) is 3.45. The number of furan rings is 1. The van der Waals surface area contributed by atoms with Crippen LogP contribution in [0.3, 0.4) is 0 Å². The van der Waals surface area contributed by atoms with Gasteiger partial charge < -0.3 is 9.15 Å². The summed E-state index contributed by atoms with van der Waals surface area (Å²) in [7, 11) is -3.14. The molecule has 1 aromatic heterocycles. The third kappa shape index (κ3) is 4.15. The van der Waals surface area contributed by atoms with Crippen LogP contribution in [0.2, 0.25) is 0 Å². The van der Waals surface area contributed by atoms with Gasteiger partial charge in [-0.25, -0.2) is 8.42 Å². The van der Waals surface area contributed by atoms with Crippen molar-refractivity contribution in [1.29, 1.82) is 0 Å². The maximum Gasteiger partial charge on any atom is 0.211 e. The predicted molar refractivity (Wildman–Crippen MR) is 87.6 cm³/mol. The Hall–Kier alpha value is -0.890. The first kappa shape index (κ1) is 17.0. The highest BCUT2D eigenvalue weighted by atomic mass is 32.2. The van der Waals surface area contributed by atoms with Gasteiger partial charge >= 0.3 is 0 Å². The Balaban J connectivity index is 1.60. The zero-order valence-corrected chi connectivity index (χ0v) is 14.7. The van der Waals surface area contributed by atoms with Crippen molar-refractivity contribution in [2.24, 2.45) is 5.92 Å². The number of nitrogens with zero attached hydrogens (tertiary/aromatic N) is 2. The lowest BCUT2D eigenvalue weighted by Crippen LogP contribution is -2.47. The Morgan fingerprint density at radius 2 is 2.00 bits per heavy atom. The minimum absolute atomic E-state index is 0.108. The number of sulfonamides is 1. The molecular weight excluding hydrogens is 316 g/mol. The van der Waals surface area contributed by atoms with E-state index in [0.717, 1.165) is 44.0 Å². The second kappa shape index (κ2) is 6.93. The van der Waals surface area contributed by atoms with E-state index in [-0.39, 0.29) is 12.0 Å². The molecule has 2 atom stereocenters. The van der Waals surface area contributed by atoms with Gasteiger partial charge in [-0.05, 0) is 25.1 Å². The highest BCUT2D eigenvalue weighted by molar-refractivity contribution is 7.88. The summed E-state index contributed by atoms with van der Waals surface area (Å²) in [5, 5.41) is 0. The van der Waals surface area contributed by atoms with Crippen LogP contribution in [-0.2, 0) is 27.7 Å². The molecule has 0 spiro atoms. The summed E-state index contributed by atoms with van der Waals surface area (Å²) in [6, 6.07) is 4.08. The second-order valence-electron chi connectivity index (χ2n) is 6.54. The minimum Gasteiger partial charge on any atom is -0.465 e. The summed E-state index contributed by atoms with van der Waals surface area (Å²) in [5.41, 5.74) is 0. The summed E-state index contributed by atoms with van der Waals surface area (Å²) in [6.07, 6.45) is 3.26. The lowest BCUT2D eigenvalue weighted by Gasteiger charge is -2.37. The molecule has 0 radical (unpaired) electrons. The van der Waals surface area contributed by atoms with Gasteiger partial charge in [-0.3, -0.25) is 4.90 Å². The average Bonchev–Trinajstić information content (AvgIpc) is 2.83. The molecule has 0 aliphatic carbocycles. The lowest BCUT2D eigenvalue weighted by molar-refractivity contribution is -0.0255. The fourth-order valence-corrected chi connectivity index (χ4v) is 4.32. The molecule has 23 heavy (non-hydrogen) atoms. The molecule has 1 aromatic rings. The number of aryl methyl sites for hydroxylation is 1. The average molecular weight is 342 g/mol. The van der Waals surface area contributed by atoms with Crippen molar-refractivity contribution in [2.45, 2.75) is 32.4 Å². The third-order valence-corrected chi connectivity index (χ3v) is 6.07. The van der Waals surface area contributed by atoms with Crippen molar-refractivity contribution in [3.05, 3.63) is 23.7 Å². The molecule has 0 aromatic carbocycles. The Bertz CT molecular complexity index is 628. The maximum atomic E-state index is 11.8. The van der Waals surface area contributed by atoms with Crippen LogP contribution >= 0.6 is 0 Å². The number of piperidine rings is 1. The predicted octanol–water partition coefficient (Wildman–Crippen LogP) is 1.32. The molecule has 7 heteroatoms. The molecule has 130 valence electrons. The van der Waals surface area contributed by atoms with Crippen molar-refractivity contribution in [1.82, 2.24) is 9.21 Å². The zero-order chi connectivity index (χ0) is 16.4. The third-order valence-electron chi connectivity index (χ3n) is 4.81. The van der Waals surface area contributed by atoms with Crippen LogP contribution in [0.5, 0.6) is 0 Å². The van der Waals surface area contributed by atoms with E-state index in [0.29, 0.717) is 19.7 Å². The minimum atomic E-state index is -3.14. The summed E-state index contributed by atoms with van der Waals surface area (Å²) in [4.78, 5) is 2.34. The monoisotopic (exact) mass is 342 g/mol. The molecule has 3 heterocycles. The van der Waals surface area contributed by atoms with Gasteiger partial charge in [0, 0.05) is 32.0 Å². The fraction of sp³-hybridized carbons (Fsp3) is 0.750. The van der Waals surface area contributed by atoms with Gasteiger partial charge in [-0.15, -0.1) is 0 Å². The Morgan fingerprint density at radius 3 is 2.70 bits per heavy atom. The summed E-state index contributed by atoms with van der Waals surface area (Å²) in [5.74, 6) is 2.29. The number of hydrogen-bond donors (Lipinski definition) is 0. The first-order valence-electron chi connectivity index (χ1n) is 8.32. The van der Waals surface area contributed by atoms with E-state index in [1.54, 1.807) is 4.31 Å². The Morgan fingerprint density at radius 1 is 1.22 bits per heavy atom. The summed E-state index contributed by atoms with van der Waals surface area (Å²) < 4.78 is 36.9. The SMILES string of the molecule is CCc1ccc(CN2CC[C@H]3CN(S(C)(=O)=O)CCO[C@H]3C2)o1. The topological polar surface area (TPSA) is 63.0 Å². The van der Waals surface area contributed by atoms with Crippen molar-refractivity contribution in [3.8, 4) is 0 Å². The van der Waals surface area contributed by atoms with Crippen LogP contribution in [0.25, 0.3) is 0 Å². The molecule has 2 fully saturated rings. The molecule has 0 N–H and O–H groups in total. The standard InChI is InChI=1S/C16H26N2O4S/c1-3-14-4-5-15(22-14)11-17-7-6-13-10-18(23(2,19)20)8-9-21-16(13)12-17/h4-5,13,16H,3,6-12H2,1-2H3/t13-,16-/m0/s1. The van der Waals surface area contributed by atoms with Crippen LogP contribution < -0.4 is 0 Å². The van der Waals surface area contributed by atoms with Gasteiger partial charge in [0.15, 0.2) is 0 Å². The van der Waals surface area contributed by atoms with Gasteiger partial charge in [0.1, 0.15) is 11.5 Å². The van der Waals surface area contributed by atoms with Crippen LogP contribution in [0.1, 0.15) is 24.9 Å². The largest absolute Gasteiger partial charge is 0.465 e. The molecule has 0 bridgehead atoms. The normalized spacial score (nSPS) is 27.6. The van der Waals surface area contributed by atoms with E-state index >= 15 is 0 Å².